The van der Waals surface area contributed by atoms with E-state index in [0.29, 0.717) is 16.0 Å². The number of rotatable bonds is 0. The second-order valence-electron chi connectivity index (χ2n) is 2.38. The summed E-state index contributed by atoms with van der Waals surface area (Å²) in [4.78, 5) is 8.14. The standard InChI is InChI=1S/C6H6N4S2/c1-3-2-4(11)10-5(7-3)8-6(12)9-10/h2,11H,1H3,(H,9,12). The van der Waals surface area contributed by atoms with Crippen molar-refractivity contribution in [3.63, 3.8) is 0 Å². The number of thiol groups is 2. The summed E-state index contributed by atoms with van der Waals surface area (Å²) in [5.41, 5.74) is 0.869. The molecule has 2 heterocycles. The molecule has 0 bridgehead atoms. The maximum absolute atomic E-state index is 4.22. The highest BCUT2D eigenvalue weighted by molar-refractivity contribution is 7.80. The predicted molar refractivity (Wildman–Crippen MR) is 50.0 cm³/mol. The average Bonchev–Trinajstić information content (AvgIpc) is 2.29. The molecule has 0 amide bonds. The van der Waals surface area contributed by atoms with Crippen LogP contribution in [0, 0.1) is 6.92 Å². The van der Waals surface area contributed by atoms with E-state index in [1.165, 1.54) is 0 Å². The van der Waals surface area contributed by atoms with Crippen molar-refractivity contribution in [2.75, 3.05) is 0 Å². The SMILES string of the molecule is Cc1cc(S)n2nc(S)nc2n1. The van der Waals surface area contributed by atoms with E-state index in [2.05, 4.69) is 40.3 Å². The van der Waals surface area contributed by atoms with Crippen molar-refractivity contribution >= 4 is 31.0 Å². The number of aromatic nitrogens is 4. The maximum atomic E-state index is 4.22. The van der Waals surface area contributed by atoms with Crippen molar-refractivity contribution in [1.29, 1.82) is 0 Å². The summed E-state index contributed by atoms with van der Waals surface area (Å²) in [6, 6.07) is 1.82. The van der Waals surface area contributed by atoms with Gasteiger partial charge in [-0.1, -0.05) is 0 Å². The number of hydrogen-bond acceptors (Lipinski definition) is 5. The Balaban J connectivity index is 2.88. The molecule has 0 unspecified atom stereocenters. The topological polar surface area (TPSA) is 43.1 Å². The third-order valence-electron chi connectivity index (χ3n) is 1.41. The van der Waals surface area contributed by atoms with Crippen LogP contribution in [0.2, 0.25) is 0 Å². The maximum Gasteiger partial charge on any atom is 0.254 e. The Morgan fingerprint density at radius 1 is 1.33 bits per heavy atom. The highest BCUT2D eigenvalue weighted by Crippen LogP contribution is 2.10. The summed E-state index contributed by atoms with van der Waals surface area (Å²) in [6.07, 6.45) is 0. The minimum atomic E-state index is 0.406. The van der Waals surface area contributed by atoms with Gasteiger partial charge in [0, 0.05) is 5.69 Å². The first kappa shape index (κ1) is 7.88. The van der Waals surface area contributed by atoms with Crippen LogP contribution in [0.5, 0.6) is 0 Å². The molecule has 0 aliphatic carbocycles. The molecule has 12 heavy (non-hydrogen) atoms. The minimum absolute atomic E-state index is 0.406. The van der Waals surface area contributed by atoms with Crippen molar-refractivity contribution in [3.05, 3.63) is 11.8 Å². The van der Waals surface area contributed by atoms with Gasteiger partial charge in [-0.05, 0) is 13.0 Å². The Kier molecular flexibility index (Phi) is 1.73. The van der Waals surface area contributed by atoms with E-state index >= 15 is 0 Å². The van der Waals surface area contributed by atoms with Crippen molar-refractivity contribution in [1.82, 2.24) is 19.6 Å². The molecule has 0 atom stereocenters. The van der Waals surface area contributed by atoms with Gasteiger partial charge in [0.15, 0.2) is 0 Å². The first-order valence-electron chi connectivity index (χ1n) is 3.29. The van der Waals surface area contributed by atoms with Gasteiger partial charge in [-0.15, -0.1) is 30.4 Å². The van der Waals surface area contributed by atoms with Crippen LogP contribution in [-0.4, -0.2) is 19.6 Å². The van der Waals surface area contributed by atoms with Gasteiger partial charge in [0.25, 0.3) is 5.78 Å². The van der Waals surface area contributed by atoms with Gasteiger partial charge >= 0.3 is 0 Å². The van der Waals surface area contributed by atoms with E-state index in [9.17, 15) is 0 Å². The lowest BCUT2D eigenvalue weighted by Gasteiger charge is -1.96. The fourth-order valence-electron chi connectivity index (χ4n) is 0.957. The van der Waals surface area contributed by atoms with E-state index in [0.717, 1.165) is 5.69 Å². The van der Waals surface area contributed by atoms with E-state index in [4.69, 9.17) is 0 Å². The summed E-state index contributed by atoms with van der Waals surface area (Å²) in [5, 5.41) is 5.10. The van der Waals surface area contributed by atoms with Crippen molar-refractivity contribution in [3.8, 4) is 0 Å². The summed E-state index contributed by atoms with van der Waals surface area (Å²) < 4.78 is 1.54. The molecule has 0 saturated carbocycles. The third kappa shape index (κ3) is 1.16. The molecule has 6 heteroatoms. The summed E-state index contributed by atoms with van der Waals surface area (Å²) in [5.74, 6) is 0.532. The number of aryl methyl sites for hydroxylation is 1. The van der Waals surface area contributed by atoms with Gasteiger partial charge in [0.2, 0.25) is 5.16 Å². The van der Waals surface area contributed by atoms with Crippen LogP contribution in [0.3, 0.4) is 0 Å². The molecule has 0 N–H and O–H groups in total. The molecule has 0 aliphatic heterocycles. The Morgan fingerprint density at radius 2 is 2.08 bits per heavy atom. The molecule has 0 spiro atoms. The van der Waals surface area contributed by atoms with Crippen LogP contribution in [0.15, 0.2) is 16.2 Å². The summed E-state index contributed by atoms with van der Waals surface area (Å²) >= 11 is 8.23. The highest BCUT2D eigenvalue weighted by Gasteiger charge is 2.04. The minimum Gasteiger partial charge on any atom is -0.216 e. The van der Waals surface area contributed by atoms with Gasteiger partial charge in [0.05, 0.1) is 0 Å². The second-order valence-corrected chi connectivity index (χ2v) is 3.24. The zero-order valence-corrected chi connectivity index (χ0v) is 8.05. The second kappa shape index (κ2) is 2.63. The zero-order valence-electron chi connectivity index (χ0n) is 6.26. The van der Waals surface area contributed by atoms with E-state index in [1.54, 1.807) is 4.52 Å². The lowest BCUT2D eigenvalue weighted by molar-refractivity contribution is 0.804. The molecular formula is C6H6N4S2. The third-order valence-corrected chi connectivity index (χ3v) is 1.92. The van der Waals surface area contributed by atoms with E-state index in [1.807, 2.05) is 13.0 Å². The number of nitrogens with zero attached hydrogens (tertiary/aromatic N) is 4. The average molecular weight is 198 g/mol. The summed E-state index contributed by atoms with van der Waals surface area (Å²) in [6.45, 7) is 1.88. The first-order chi connectivity index (χ1) is 5.66. The van der Waals surface area contributed by atoms with E-state index < -0.39 is 0 Å². The molecule has 2 aromatic rings. The molecule has 2 rings (SSSR count). The Labute approximate surface area is 79.9 Å². The zero-order chi connectivity index (χ0) is 8.72. The van der Waals surface area contributed by atoms with Crippen LogP contribution < -0.4 is 0 Å². The fourth-order valence-corrected chi connectivity index (χ4v) is 1.46. The van der Waals surface area contributed by atoms with E-state index in [-0.39, 0.29) is 0 Å². The van der Waals surface area contributed by atoms with Gasteiger partial charge in [0.1, 0.15) is 5.03 Å². The first-order valence-corrected chi connectivity index (χ1v) is 4.18. The van der Waals surface area contributed by atoms with Crippen LogP contribution in [0.1, 0.15) is 5.69 Å². The number of hydrogen-bond donors (Lipinski definition) is 2. The van der Waals surface area contributed by atoms with Crippen LogP contribution in [0.4, 0.5) is 0 Å². The van der Waals surface area contributed by atoms with Crippen molar-refractivity contribution in [2.45, 2.75) is 17.1 Å². The predicted octanol–water partition coefficient (Wildman–Crippen LogP) is 1.01. The van der Waals surface area contributed by atoms with Gasteiger partial charge in [-0.3, -0.25) is 0 Å². The molecule has 0 aromatic carbocycles. The summed E-state index contributed by atoms with van der Waals surface area (Å²) in [7, 11) is 0. The molecule has 4 nitrogen and oxygen atoms in total. The van der Waals surface area contributed by atoms with Crippen LogP contribution >= 0.6 is 25.3 Å². The molecule has 62 valence electrons. The quantitative estimate of drug-likeness (QED) is 0.490. The molecule has 2 aromatic heterocycles. The Hall–Kier alpha value is -0.750. The lowest BCUT2D eigenvalue weighted by atomic mass is 10.5. The highest BCUT2D eigenvalue weighted by atomic mass is 32.1. The van der Waals surface area contributed by atoms with Gasteiger partial charge < -0.3 is 0 Å². The normalized spacial score (nSPS) is 10.9. The molecular weight excluding hydrogens is 192 g/mol. The molecule has 0 radical (unpaired) electrons. The van der Waals surface area contributed by atoms with Crippen LogP contribution in [-0.2, 0) is 0 Å². The van der Waals surface area contributed by atoms with Crippen LogP contribution in [0.25, 0.3) is 5.78 Å². The molecule has 0 aliphatic rings. The fraction of sp³-hybridized carbons (Fsp3) is 0.167. The smallest absolute Gasteiger partial charge is 0.216 e. The Bertz CT molecular complexity index is 436. The molecule has 0 fully saturated rings. The number of fused-ring (bicyclic) bond motifs is 1. The van der Waals surface area contributed by atoms with Crippen molar-refractivity contribution in [2.24, 2.45) is 0 Å². The molecule has 0 saturated heterocycles. The van der Waals surface area contributed by atoms with Gasteiger partial charge in [-0.25, -0.2) is 4.98 Å². The lowest BCUT2D eigenvalue weighted by Crippen LogP contribution is -1.94. The van der Waals surface area contributed by atoms with Gasteiger partial charge in [-0.2, -0.15) is 9.50 Å². The van der Waals surface area contributed by atoms with Crippen molar-refractivity contribution < 1.29 is 0 Å². The monoisotopic (exact) mass is 198 g/mol. The largest absolute Gasteiger partial charge is 0.254 e. The Morgan fingerprint density at radius 3 is 2.83 bits per heavy atom.